The first-order chi connectivity index (χ1) is 31.0. The Hall–Kier alpha value is -1.85. The summed E-state index contributed by atoms with van der Waals surface area (Å²) < 4.78 is 16.8. The summed E-state index contributed by atoms with van der Waals surface area (Å²) >= 11 is 0. The van der Waals surface area contributed by atoms with Crippen LogP contribution in [0.15, 0.2) is 12.2 Å². The highest BCUT2D eigenvalue weighted by atomic mass is 16.6. The van der Waals surface area contributed by atoms with Crippen LogP contribution in [0.25, 0.3) is 0 Å². The van der Waals surface area contributed by atoms with Gasteiger partial charge in [-0.25, -0.2) is 0 Å². The topological polar surface area (TPSA) is 78.9 Å². The Morgan fingerprint density at radius 1 is 0.302 bits per heavy atom. The lowest BCUT2D eigenvalue weighted by molar-refractivity contribution is -0.167. The number of hydrogen-bond donors (Lipinski definition) is 0. The molecule has 1 atom stereocenters. The number of hydrogen-bond acceptors (Lipinski definition) is 6. The number of unbranched alkanes of at least 4 members (excludes halogenated alkanes) is 39. The molecular formula is C57H108O6. The molecule has 0 fully saturated rings. The molecule has 0 amide bonds. The van der Waals surface area contributed by atoms with Gasteiger partial charge in [0.25, 0.3) is 0 Å². The van der Waals surface area contributed by atoms with Crippen molar-refractivity contribution < 1.29 is 28.6 Å². The van der Waals surface area contributed by atoms with Gasteiger partial charge in [0.05, 0.1) is 0 Å². The highest BCUT2D eigenvalue weighted by Gasteiger charge is 2.19. The number of rotatable bonds is 52. The molecule has 6 heteroatoms. The van der Waals surface area contributed by atoms with E-state index in [1.54, 1.807) is 0 Å². The molecule has 0 aromatic heterocycles. The van der Waals surface area contributed by atoms with Crippen LogP contribution in [0.2, 0.25) is 0 Å². The monoisotopic (exact) mass is 889 g/mol. The van der Waals surface area contributed by atoms with Crippen molar-refractivity contribution in [3.8, 4) is 0 Å². The average Bonchev–Trinajstić information content (AvgIpc) is 3.28. The van der Waals surface area contributed by atoms with Crippen LogP contribution in [-0.2, 0) is 28.6 Å². The van der Waals surface area contributed by atoms with Gasteiger partial charge in [0.1, 0.15) is 13.2 Å². The van der Waals surface area contributed by atoms with Crippen LogP contribution in [0.1, 0.15) is 316 Å². The van der Waals surface area contributed by atoms with Gasteiger partial charge in [-0.1, -0.05) is 264 Å². The summed E-state index contributed by atoms with van der Waals surface area (Å²) in [5.41, 5.74) is 0. The van der Waals surface area contributed by atoms with Gasteiger partial charge in [-0.05, 0) is 44.9 Å². The molecule has 0 heterocycles. The number of carbonyl (C=O) groups is 3. The van der Waals surface area contributed by atoms with E-state index in [4.69, 9.17) is 14.2 Å². The molecule has 0 N–H and O–H groups in total. The van der Waals surface area contributed by atoms with Crippen LogP contribution in [0.5, 0.6) is 0 Å². The zero-order valence-corrected chi connectivity index (χ0v) is 42.6. The van der Waals surface area contributed by atoms with Gasteiger partial charge in [-0.2, -0.15) is 0 Å². The number of ether oxygens (including phenoxy) is 3. The van der Waals surface area contributed by atoms with Crippen molar-refractivity contribution in [2.24, 2.45) is 0 Å². The van der Waals surface area contributed by atoms with Crippen LogP contribution in [-0.4, -0.2) is 37.2 Å². The van der Waals surface area contributed by atoms with Gasteiger partial charge >= 0.3 is 17.9 Å². The fourth-order valence-electron chi connectivity index (χ4n) is 8.50. The second-order valence-corrected chi connectivity index (χ2v) is 19.2. The zero-order chi connectivity index (χ0) is 45.8. The van der Waals surface area contributed by atoms with E-state index in [0.29, 0.717) is 19.3 Å². The highest BCUT2D eigenvalue weighted by molar-refractivity contribution is 5.71. The molecule has 372 valence electrons. The Balaban J connectivity index is 4.29. The maximum absolute atomic E-state index is 12.8. The smallest absolute Gasteiger partial charge is 0.306 e. The molecule has 0 bridgehead atoms. The van der Waals surface area contributed by atoms with Crippen molar-refractivity contribution >= 4 is 17.9 Å². The third-order valence-corrected chi connectivity index (χ3v) is 12.8. The number of carbonyl (C=O) groups excluding carboxylic acids is 3. The van der Waals surface area contributed by atoms with Crippen LogP contribution in [0.3, 0.4) is 0 Å². The Morgan fingerprint density at radius 2 is 0.524 bits per heavy atom. The molecule has 0 radical (unpaired) electrons. The molecular weight excluding hydrogens is 781 g/mol. The summed E-state index contributed by atoms with van der Waals surface area (Å²) in [5.74, 6) is -0.849. The number of esters is 3. The third kappa shape index (κ3) is 51.0. The van der Waals surface area contributed by atoms with Crippen molar-refractivity contribution in [2.45, 2.75) is 322 Å². The third-order valence-electron chi connectivity index (χ3n) is 12.8. The van der Waals surface area contributed by atoms with Gasteiger partial charge in [0.2, 0.25) is 0 Å². The summed E-state index contributed by atoms with van der Waals surface area (Å²) in [6.07, 6.45) is 59.1. The molecule has 1 unspecified atom stereocenters. The summed E-state index contributed by atoms with van der Waals surface area (Å²) in [6.45, 7) is 6.68. The van der Waals surface area contributed by atoms with E-state index in [1.807, 2.05) is 0 Å². The van der Waals surface area contributed by atoms with E-state index in [9.17, 15) is 14.4 Å². The zero-order valence-electron chi connectivity index (χ0n) is 42.6. The molecule has 0 aliphatic heterocycles. The molecule has 0 aliphatic rings. The Morgan fingerprint density at radius 3 is 0.794 bits per heavy atom. The van der Waals surface area contributed by atoms with Gasteiger partial charge in [-0.15, -0.1) is 0 Å². The second kappa shape index (κ2) is 52.8. The fraction of sp³-hybridized carbons (Fsp3) is 0.912. The van der Waals surface area contributed by atoms with E-state index in [1.165, 1.54) is 218 Å². The van der Waals surface area contributed by atoms with E-state index in [2.05, 4.69) is 32.9 Å². The predicted molar refractivity (Wildman–Crippen MR) is 270 cm³/mol. The van der Waals surface area contributed by atoms with Crippen molar-refractivity contribution in [1.82, 2.24) is 0 Å². The second-order valence-electron chi connectivity index (χ2n) is 19.2. The summed E-state index contributed by atoms with van der Waals surface area (Å²) in [7, 11) is 0. The first-order valence-corrected chi connectivity index (χ1v) is 28.2. The molecule has 6 nitrogen and oxygen atoms in total. The summed E-state index contributed by atoms with van der Waals surface area (Å²) in [5, 5.41) is 0. The molecule has 63 heavy (non-hydrogen) atoms. The Bertz CT molecular complexity index is 978. The quantitative estimate of drug-likeness (QED) is 0.0262. The first kappa shape index (κ1) is 61.1. The summed E-state index contributed by atoms with van der Waals surface area (Å²) in [6, 6.07) is 0. The van der Waals surface area contributed by atoms with E-state index in [-0.39, 0.29) is 31.1 Å². The standard InChI is InChI=1S/C57H108O6/c1-4-7-10-13-16-19-22-24-26-28-29-31-32-35-38-41-44-47-50-56(59)62-53-54(52-61-55(58)49-46-43-40-37-34-21-18-15-12-9-6-3)63-57(60)51-48-45-42-39-36-33-30-27-25-23-20-17-14-11-8-5-2/h26,28,54H,4-25,27,29-53H2,1-3H3/b28-26-. The van der Waals surface area contributed by atoms with Crippen LogP contribution in [0, 0.1) is 0 Å². The molecule has 0 saturated heterocycles. The maximum atomic E-state index is 12.8. The van der Waals surface area contributed by atoms with Gasteiger partial charge in [-0.3, -0.25) is 14.4 Å². The van der Waals surface area contributed by atoms with Gasteiger partial charge in [0.15, 0.2) is 6.10 Å². The van der Waals surface area contributed by atoms with E-state index < -0.39 is 6.10 Å². The molecule has 0 aromatic rings. The van der Waals surface area contributed by atoms with Crippen molar-refractivity contribution in [3.63, 3.8) is 0 Å². The van der Waals surface area contributed by atoms with Crippen LogP contribution < -0.4 is 0 Å². The van der Waals surface area contributed by atoms with Crippen LogP contribution in [0.4, 0.5) is 0 Å². The molecule has 0 aliphatic carbocycles. The SMILES string of the molecule is CCCCCCCCC/C=C\CCCCCCCCCC(=O)OCC(COC(=O)CCCCCCCCCCCCC)OC(=O)CCCCCCCCCCCCCCCCCC. The van der Waals surface area contributed by atoms with Gasteiger partial charge < -0.3 is 14.2 Å². The van der Waals surface area contributed by atoms with E-state index >= 15 is 0 Å². The molecule has 0 aromatic carbocycles. The average molecular weight is 889 g/mol. The minimum Gasteiger partial charge on any atom is -0.462 e. The summed E-state index contributed by atoms with van der Waals surface area (Å²) in [4.78, 5) is 38.0. The van der Waals surface area contributed by atoms with Crippen molar-refractivity contribution in [2.75, 3.05) is 13.2 Å². The Kier molecular flexibility index (Phi) is 51.2. The largest absolute Gasteiger partial charge is 0.462 e. The molecule has 0 spiro atoms. The minimum absolute atomic E-state index is 0.0656. The fourth-order valence-corrected chi connectivity index (χ4v) is 8.50. The predicted octanol–water partition coefficient (Wildman–Crippen LogP) is 18.5. The first-order valence-electron chi connectivity index (χ1n) is 28.2. The minimum atomic E-state index is -0.765. The lowest BCUT2D eigenvalue weighted by Gasteiger charge is -2.18. The normalized spacial score (nSPS) is 12.0. The lowest BCUT2D eigenvalue weighted by Crippen LogP contribution is -2.30. The Labute approximate surface area is 392 Å². The van der Waals surface area contributed by atoms with Gasteiger partial charge in [0, 0.05) is 19.3 Å². The van der Waals surface area contributed by atoms with E-state index in [0.717, 1.165) is 57.8 Å². The maximum Gasteiger partial charge on any atom is 0.306 e. The van der Waals surface area contributed by atoms with Crippen LogP contribution >= 0.6 is 0 Å². The van der Waals surface area contributed by atoms with Crippen molar-refractivity contribution in [1.29, 1.82) is 0 Å². The van der Waals surface area contributed by atoms with Crippen molar-refractivity contribution in [3.05, 3.63) is 12.2 Å². The molecule has 0 rings (SSSR count). The molecule has 0 saturated carbocycles. The number of allylic oxidation sites excluding steroid dienone is 2. The lowest BCUT2D eigenvalue weighted by atomic mass is 10.0. The highest BCUT2D eigenvalue weighted by Crippen LogP contribution is 2.17.